The molecule has 0 fully saturated rings. The largest absolute Gasteiger partial charge is 0.505 e. The van der Waals surface area contributed by atoms with Gasteiger partial charge < -0.3 is 9.52 Å². The number of halogens is 4. The summed E-state index contributed by atoms with van der Waals surface area (Å²) in [5, 5.41) is 20.6. The predicted octanol–water partition coefficient (Wildman–Crippen LogP) is 8.26. The van der Waals surface area contributed by atoms with E-state index in [0.717, 1.165) is 16.7 Å². The second kappa shape index (κ2) is 8.96. The van der Waals surface area contributed by atoms with Crippen molar-refractivity contribution in [3.05, 3.63) is 70.1 Å². The van der Waals surface area contributed by atoms with Crippen LogP contribution in [0.3, 0.4) is 0 Å². The third kappa shape index (κ3) is 3.79. The van der Waals surface area contributed by atoms with Crippen LogP contribution in [0.1, 0.15) is 25.0 Å². The van der Waals surface area contributed by atoms with Gasteiger partial charge in [-0.2, -0.15) is 0 Å². The van der Waals surface area contributed by atoms with Gasteiger partial charge >= 0.3 is 0 Å². The Morgan fingerprint density at radius 2 is 1.74 bits per heavy atom. The normalized spacial score (nSPS) is 12.6. The van der Waals surface area contributed by atoms with E-state index in [1.807, 2.05) is 31.2 Å². The zero-order valence-corrected chi connectivity index (χ0v) is 22.2. The Bertz CT molecular complexity index is 1340. The molecule has 1 atom stereocenters. The molecule has 2 aromatic carbocycles. The first-order valence-corrected chi connectivity index (χ1v) is 12.3. The van der Waals surface area contributed by atoms with Crippen LogP contribution in [0.15, 0.2) is 63.5 Å². The lowest BCUT2D eigenvalue weighted by molar-refractivity contribution is -0.282. The topological polar surface area (TPSA) is 79.9 Å². The number of aromatic hydroxyl groups is 1. The number of hydrogen-bond donors (Lipinski definition) is 2. The highest BCUT2D eigenvalue weighted by Gasteiger charge is 2.27. The summed E-state index contributed by atoms with van der Waals surface area (Å²) in [5.41, 5.74) is 3.15. The van der Waals surface area contributed by atoms with Gasteiger partial charge in [0.2, 0.25) is 5.43 Å². The fraction of sp³-hybridized carbons (Fsp3) is 0.136. The Morgan fingerprint density at radius 1 is 1.03 bits per heavy atom. The fourth-order valence-electron chi connectivity index (χ4n) is 3.64. The van der Waals surface area contributed by atoms with Crippen molar-refractivity contribution in [3.63, 3.8) is 0 Å². The summed E-state index contributed by atoms with van der Waals surface area (Å²) in [7, 11) is 0. The summed E-state index contributed by atoms with van der Waals surface area (Å²) in [5.74, 6) is 0.321. The van der Waals surface area contributed by atoms with Crippen LogP contribution >= 0.6 is 63.7 Å². The summed E-state index contributed by atoms with van der Waals surface area (Å²) in [6, 6.07) is 11.1. The van der Waals surface area contributed by atoms with Crippen molar-refractivity contribution >= 4 is 74.7 Å². The molecule has 160 valence electrons. The molecule has 1 unspecified atom stereocenters. The summed E-state index contributed by atoms with van der Waals surface area (Å²) >= 11 is 13.5. The van der Waals surface area contributed by atoms with E-state index >= 15 is 0 Å². The molecular weight excluding hydrogens is 664 g/mol. The van der Waals surface area contributed by atoms with Gasteiger partial charge in [0, 0.05) is 16.5 Å². The van der Waals surface area contributed by atoms with Gasteiger partial charge in [-0.1, -0.05) is 31.2 Å². The number of rotatable bonds is 4. The SMILES string of the molecule is CCC(OO)c1ccccc1-c1c2cc(Br)c(=O)c(Br)c-2oc2c(Br)c(O)c(Br)cc12. The van der Waals surface area contributed by atoms with Gasteiger partial charge in [-0.25, -0.2) is 4.89 Å². The summed E-state index contributed by atoms with van der Waals surface area (Å²) in [6.45, 7) is 1.91. The van der Waals surface area contributed by atoms with Crippen LogP contribution in [0.4, 0.5) is 0 Å². The molecule has 2 aromatic rings. The second-order valence-corrected chi connectivity index (χ2v) is 10.1. The molecule has 5 nitrogen and oxygen atoms in total. The van der Waals surface area contributed by atoms with Crippen LogP contribution in [0.25, 0.3) is 33.4 Å². The molecule has 0 saturated carbocycles. The van der Waals surface area contributed by atoms with E-state index in [1.54, 1.807) is 12.1 Å². The van der Waals surface area contributed by atoms with Gasteiger partial charge in [-0.15, -0.1) is 0 Å². The smallest absolute Gasteiger partial charge is 0.210 e. The molecule has 31 heavy (non-hydrogen) atoms. The maximum Gasteiger partial charge on any atom is 0.210 e. The third-order valence-electron chi connectivity index (χ3n) is 5.10. The molecule has 0 amide bonds. The lowest BCUT2D eigenvalue weighted by atomic mass is 9.88. The Morgan fingerprint density at radius 3 is 2.42 bits per heavy atom. The highest BCUT2D eigenvalue weighted by atomic mass is 79.9. The monoisotopic (exact) mass is 674 g/mol. The average Bonchev–Trinajstić information content (AvgIpc) is 2.77. The molecule has 0 radical (unpaired) electrons. The highest BCUT2D eigenvalue weighted by molar-refractivity contribution is 9.11. The zero-order valence-electron chi connectivity index (χ0n) is 15.9. The fourth-order valence-corrected chi connectivity index (χ4v) is 6.04. The van der Waals surface area contributed by atoms with Crippen LogP contribution in [-0.2, 0) is 4.89 Å². The number of hydrogen-bond acceptors (Lipinski definition) is 5. The Balaban J connectivity index is 2.28. The zero-order chi connectivity index (χ0) is 22.4. The summed E-state index contributed by atoms with van der Waals surface area (Å²) in [6.07, 6.45) is 0.000422. The van der Waals surface area contributed by atoms with Crippen molar-refractivity contribution in [1.29, 1.82) is 0 Å². The van der Waals surface area contributed by atoms with Crippen molar-refractivity contribution in [2.45, 2.75) is 19.4 Å². The van der Waals surface area contributed by atoms with E-state index in [2.05, 4.69) is 63.7 Å². The summed E-state index contributed by atoms with van der Waals surface area (Å²) < 4.78 is 7.59. The van der Waals surface area contributed by atoms with E-state index < -0.39 is 6.10 Å². The first kappa shape index (κ1) is 22.9. The predicted molar refractivity (Wildman–Crippen MR) is 134 cm³/mol. The molecular formula is C22H14Br4O5. The molecule has 0 saturated heterocycles. The van der Waals surface area contributed by atoms with Crippen LogP contribution in [0.5, 0.6) is 5.75 Å². The van der Waals surface area contributed by atoms with Crippen molar-refractivity contribution in [2.75, 3.05) is 0 Å². The number of phenolic OH excluding ortho intramolecular Hbond substituents is 1. The van der Waals surface area contributed by atoms with Crippen molar-refractivity contribution in [2.24, 2.45) is 0 Å². The van der Waals surface area contributed by atoms with E-state index in [9.17, 15) is 15.2 Å². The first-order chi connectivity index (χ1) is 14.8. The van der Waals surface area contributed by atoms with Crippen LogP contribution in [-0.4, -0.2) is 10.4 Å². The molecule has 1 aliphatic heterocycles. The van der Waals surface area contributed by atoms with Crippen LogP contribution in [0, 0.1) is 0 Å². The van der Waals surface area contributed by atoms with E-state index in [-0.39, 0.29) is 15.7 Å². The van der Waals surface area contributed by atoms with Crippen LogP contribution < -0.4 is 5.43 Å². The van der Waals surface area contributed by atoms with Gasteiger partial charge in [-0.3, -0.25) is 10.1 Å². The van der Waals surface area contributed by atoms with Crippen LogP contribution in [0.2, 0.25) is 0 Å². The third-order valence-corrected chi connectivity index (χ3v) is 7.75. The quantitative estimate of drug-likeness (QED) is 0.129. The number of phenols is 1. The second-order valence-electron chi connectivity index (χ2n) is 6.84. The Kier molecular flexibility index (Phi) is 6.63. The van der Waals surface area contributed by atoms with E-state index in [4.69, 9.17) is 9.30 Å². The van der Waals surface area contributed by atoms with Gasteiger partial charge in [-0.05, 0) is 93.4 Å². The molecule has 0 spiro atoms. The van der Waals surface area contributed by atoms with Gasteiger partial charge in [0.1, 0.15) is 20.8 Å². The lowest BCUT2D eigenvalue weighted by Crippen LogP contribution is -2.08. The maximum absolute atomic E-state index is 12.6. The van der Waals surface area contributed by atoms with Crippen molar-refractivity contribution in [3.8, 4) is 28.2 Å². The molecule has 2 N–H and O–H groups in total. The molecule has 0 aromatic heterocycles. The Labute approximate surface area is 210 Å². The standard InChI is InChI=1S/C22H14Br4O5/c1-2-15(31-29)9-5-3-4-6-10(9)16-11-7-13(23)19(27)17(25)21(11)30-22-12(16)8-14(24)20(28)18(22)26/h3-8,15,27,29H,2H2,1H3. The molecule has 4 rings (SSSR count). The van der Waals surface area contributed by atoms with Gasteiger partial charge in [0.05, 0.1) is 8.95 Å². The van der Waals surface area contributed by atoms with Gasteiger partial charge in [0.15, 0.2) is 11.3 Å². The number of benzene rings is 3. The molecule has 9 heteroatoms. The van der Waals surface area contributed by atoms with Crippen molar-refractivity contribution < 1.29 is 19.7 Å². The highest BCUT2D eigenvalue weighted by Crippen LogP contribution is 2.49. The summed E-state index contributed by atoms with van der Waals surface area (Å²) in [4.78, 5) is 17.3. The Hall–Kier alpha value is -1.23. The molecule has 1 heterocycles. The van der Waals surface area contributed by atoms with E-state index in [0.29, 0.717) is 42.1 Å². The van der Waals surface area contributed by atoms with Crippen molar-refractivity contribution in [1.82, 2.24) is 0 Å². The lowest BCUT2D eigenvalue weighted by Gasteiger charge is -2.22. The van der Waals surface area contributed by atoms with E-state index in [1.165, 1.54) is 0 Å². The minimum absolute atomic E-state index is 0.0180. The molecule has 2 aliphatic rings. The van der Waals surface area contributed by atoms with Gasteiger partial charge in [0.25, 0.3) is 0 Å². The first-order valence-electron chi connectivity index (χ1n) is 9.15. The minimum atomic E-state index is -0.548. The number of fused-ring (bicyclic) bond motifs is 2. The molecule has 1 aliphatic carbocycles. The maximum atomic E-state index is 12.6. The minimum Gasteiger partial charge on any atom is -0.505 e. The average molecular weight is 678 g/mol. The molecule has 0 bridgehead atoms.